The third-order valence-corrected chi connectivity index (χ3v) is 4.13. The van der Waals surface area contributed by atoms with E-state index in [2.05, 4.69) is 32.2 Å². The second-order valence-corrected chi connectivity index (χ2v) is 7.01. The Morgan fingerprint density at radius 1 is 1.00 bits per heavy atom. The topological polar surface area (TPSA) is 55.1 Å². The van der Waals surface area contributed by atoms with E-state index in [0.29, 0.717) is 0 Å². The molecule has 130 valence electrons. The summed E-state index contributed by atoms with van der Waals surface area (Å²) in [6, 6.07) is 17.3. The van der Waals surface area contributed by atoms with Crippen molar-refractivity contribution in [1.82, 2.24) is 0 Å². The van der Waals surface area contributed by atoms with Crippen molar-refractivity contribution in [2.24, 2.45) is 11.7 Å². The van der Waals surface area contributed by atoms with Gasteiger partial charge in [0.15, 0.2) is 0 Å². The second-order valence-electron chi connectivity index (χ2n) is 7.01. The lowest BCUT2D eigenvalue weighted by atomic mass is 9.85. The van der Waals surface area contributed by atoms with Gasteiger partial charge in [-0.05, 0) is 22.6 Å². The van der Waals surface area contributed by atoms with Gasteiger partial charge in [0.25, 0.3) is 0 Å². The quantitative estimate of drug-likeness (QED) is 0.844. The lowest BCUT2D eigenvalue weighted by Crippen LogP contribution is -2.31. The van der Waals surface area contributed by atoms with Crippen molar-refractivity contribution in [2.75, 3.05) is 5.32 Å². The normalized spacial score (nSPS) is 13.5. The number of rotatable bonds is 4. The Kier molecular flexibility index (Phi) is 7.00. The van der Waals surface area contributed by atoms with Gasteiger partial charge in [-0.25, -0.2) is 0 Å². The zero-order chi connectivity index (χ0) is 17.0. The molecular formula is C20H27ClN2O. The van der Waals surface area contributed by atoms with E-state index < -0.39 is 0 Å². The fourth-order valence-corrected chi connectivity index (χ4v) is 2.62. The van der Waals surface area contributed by atoms with E-state index >= 15 is 0 Å². The standard InChI is InChI=1S/C20H26N2O.ClH/c1-14(18(21)15-10-6-5-7-11-15)19(23)22-17-13-9-8-12-16(17)20(2,3)4;/h5-14,18H,21H2,1-4H3,(H,22,23);1H. The molecule has 0 spiro atoms. The molecule has 2 rings (SSSR count). The van der Waals surface area contributed by atoms with Gasteiger partial charge in [0.2, 0.25) is 5.91 Å². The SMILES string of the molecule is CC(C(=O)Nc1ccccc1C(C)(C)C)C(N)c1ccccc1.Cl. The van der Waals surface area contributed by atoms with Crippen LogP contribution in [-0.2, 0) is 10.2 Å². The summed E-state index contributed by atoms with van der Waals surface area (Å²) in [5.41, 5.74) is 9.17. The van der Waals surface area contributed by atoms with Crippen LogP contribution in [0, 0.1) is 5.92 Å². The highest BCUT2D eigenvalue weighted by Gasteiger charge is 2.24. The minimum absolute atomic E-state index is 0. The number of nitrogens with one attached hydrogen (secondary N) is 1. The molecule has 2 aromatic rings. The zero-order valence-corrected chi connectivity index (χ0v) is 15.6. The Morgan fingerprint density at radius 3 is 2.12 bits per heavy atom. The molecule has 0 radical (unpaired) electrons. The number of benzene rings is 2. The van der Waals surface area contributed by atoms with Crippen LogP contribution in [0.1, 0.15) is 44.9 Å². The van der Waals surface area contributed by atoms with E-state index in [-0.39, 0.29) is 35.7 Å². The van der Waals surface area contributed by atoms with E-state index in [1.807, 2.05) is 55.5 Å². The van der Waals surface area contributed by atoms with Crippen molar-refractivity contribution in [2.45, 2.75) is 39.2 Å². The third kappa shape index (κ3) is 4.83. The number of carbonyl (C=O) groups is 1. The summed E-state index contributed by atoms with van der Waals surface area (Å²) in [6.45, 7) is 8.28. The molecule has 0 heterocycles. The molecule has 2 unspecified atom stereocenters. The molecule has 24 heavy (non-hydrogen) atoms. The Morgan fingerprint density at radius 2 is 1.54 bits per heavy atom. The third-order valence-electron chi connectivity index (χ3n) is 4.13. The molecule has 2 atom stereocenters. The molecule has 1 amide bonds. The first-order chi connectivity index (χ1) is 10.8. The Bertz CT molecular complexity index is 665. The molecule has 2 aromatic carbocycles. The Labute approximate surface area is 151 Å². The number of hydrogen-bond acceptors (Lipinski definition) is 2. The Hall–Kier alpha value is -1.84. The predicted molar refractivity (Wildman–Crippen MR) is 104 cm³/mol. The molecule has 0 aromatic heterocycles. The molecule has 0 saturated carbocycles. The van der Waals surface area contributed by atoms with E-state index in [1.54, 1.807) is 0 Å². The highest BCUT2D eigenvalue weighted by Crippen LogP contribution is 2.30. The lowest BCUT2D eigenvalue weighted by Gasteiger charge is -2.25. The number of hydrogen-bond donors (Lipinski definition) is 2. The van der Waals surface area contributed by atoms with E-state index in [1.165, 1.54) is 0 Å². The Balaban J connectivity index is 0.00000288. The fraction of sp³-hybridized carbons (Fsp3) is 0.350. The summed E-state index contributed by atoms with van der Waals surface area (Å²) in [6.07, 6.45) is 0. The molecule has 0 aliphatic rings. The molecule has 3 N–H and O–H groups in total. The van der Waals surface area contributed by atoms with E-state index in [9.17, 15) is 4.79 Å². The van der Waals surface area contributed by atoms with Gasteiger partial charge in [0.05, 0.1) is 5.92 Å². The van der Waals surface area contributed by atoms with Crippen molar-refractivity contribution in [3.63, 3.8) is 0 Å². The van der Waals surface area contributed by atoms with Crippen LogP contribution < -0.4 is 11.1 Å². The maximum Gasteiger partial charge on any atom is 0.229 e. The van der Waals surface area contributed by atoms with Gasteiger partial charge in [-0.1, -0.05) is 76.2 Å². The van der Waals surface area contributed by atoms with Crippen molar-refractivity contribution < 1.29 is 4.79 Å². The van der Waals surface area contributed by atoms with Crippen LogP contribution in [0.25, 0.3) is 0 Å². The average molecular weight is 347 g/mol. The zero-order valence-electron chi connectivity index (χ0n) is 14.7. The monoisotopic (exact) mass is 346 g/mol. The highest BCUT2D eigenvalue weighted by molar-refractivity contribution is 5.93. The summed E-state index contributed by atoms with van der Waals surface area (Å²) < 4.78 is 0. The van der Waals surface area contributed by atoms with Gasteiger partial charge in [-0.2, -0.15) is 0 Å². The predicted octanol–water partition coefficient (Wildman–Crippen LogP) is 4.68. The van der Waals surface area contributed by atoms with Crippen molar-refractivity contribution in [3.8, 4) is 0 Å². The molecule has 3 nitrogen and oxygen atoms in total. The number of para-hydroxylation sites is 1. The molecule has 0 fully saturated rings. The van der Waals surface area contributed by atoms with Gasteiger partial charge in [-0.3, -0.25) is 4.79 Å². The summed E-state index contributed by atoms with van der Waals surface area (Å²) in [5, 5.41) is 3.05. The van der Waals surface area contributed by atoms with Crippen molar-refractivity contribution in [3.05, 3.63) is 65.7 Å². The average Bonchev–Trinajstić information content (AvgIpc) is 2.53. The maximum atomic E-state index is 12.6. The van der Waals surface area contributed by atoms with Crippen LogP contribution in [0.5, 0.6) is 0 Å². The van der Waals surface area contributed by atoms with Gasteiger partial charge in [0, 0.05) is 11.7 Å². The lowest BCUT2D eigenvalue weighted by molar-refractivity contribution is -0.120. The highest BCUT2D eigenvalue weighted by atomic mass is 35.5. The minimum atomic E-state index is -0.321. The van der Waals surface area contributed by atoms with Crippen LogP contribution in [0.2, 0.25) is 0 Å². The van der Waals surface area contributed by atoms with Crippen LogP contribution >= 0.6 is 12.4 Å². The molecule has 0 saturated heterocycles. The first-order valence-corrected chi connectivity index (χ1v) is 8.01. The first-order valence-electron chi connectivity index (χ1n) is 8.01. The number of carbonyl (C=O) groups excluding carboxylic acids is 1. The number of anilines is 1. The van der Waals surface area contributed by atoms with Gasteiger partial charge in [0.1, 0.15) is 0 Å². The van der Waals surface area contributed by atoms with Crippen LogP contribution in [0.3, 0.4) is 0 Å². The van der Waals surface area contributed by atoms with Crippen molar-refractivity contribution >= 4 is 24.0 Å². The fourth-order valence-electron chi connectivity index (χ4n) is 2.62. The van der Waals surface area contributed by atoms with Crippen molar-refractivity contribution in [1.29, 1.82) is 0 Å². The second kappa shape index (κ2) is 8.32. The largest absolute Gasteiger partial charge is 0.326 e. The van der Waals surface area contributed by atoms with Crippen LogP contribution in [0.15, 0.2) is 54.6 Å². The molecule has 0 aliphatic carbocycles. The molecule has 4 heteroatoms. The molecular weight excluding hydrogens is 320 g/mol. The smallest absolute Gasteiger partial charge is 0.229 e. The summed E-state index contributed by atoms with van der Waals surface area (Å²) in [5.74, 6) is -0.372. The molecule has 0 bridgehead atoms. The summed E-state index contributed by atoms with van der Waals surface area (Å²) in [4.78, 5) is 12.6. The molecule has 0 aliphatic heterocycles. The summed E-state index contributed by atoms with van der Waals surface area (Å²) >= 11 is 0. The minimum Gasteiger partial charge on any atom is -0.326 e. The number of nitrogens with two attached hydrogens (primary N) is 1. The van der Waals surface area contributed by atoms with Gasteiger partial charge in [-0.15, -0.1) is 12.4 Å². The first kappa shape index (κ1) is 20.2. The van der Waals surface area contributed by atoms with Gasteiger partial charge < -0.3 is 11.1 Å². The maximum absolute atomic E-state index is 12.6. The van der Waals surface area contributed by atoms with E-state index in [4.69, 9.17) is 5.73 Å². The number of halogens is 1. The van der Waals surface area contributed by atoms with Gasteiger partial charge >= 0.3 is 0 Å². The summed E-state index contributed by atoms with van der Waals surface area (Å²) in [7, 11) is 0. The van der Waals surface area contributed by atoms with Crippen LogP contribution in [-0.4, -0.2) is 5.91 Å². The van der Waals surface area contributed by atoms with E-state index in [0.717, 1.165) is 16.8 Å². The van der Waals surface area contributed by atoms with Crippen LogP contribution in [0.4, 0.5) is 5.69 Å². The number of amides is 1.